The zero-order valence-electron chi connectivity index (χ0n) is 15.6. The highest BCUT2D eigenvalue weighted by Gasteiger charge is 2.30. The summed E-state index contributed by atoms with van der Waals surface area (Å²) in [5.74, 6) is 0.735. The van der Waals surface area contributed by atoms with Crippen LogP contribution in [0.4, 0.5) is 24.7 Å². The summed E-state index contributed by atoms with van der Waals surface area (Å²) < 4.78 is 44.0. The first-order chi connectivity index (χ1) is 14.7. The summed E-state index contributed by atoms with van der Waals surface area (Å²) in [6.07, 6.45) is -2.24. The van der Waals surface area contributed by atoms with Crippen LogP contribution in [0.5, 0.6) is 5.75 Å². The molecule has 0 spiro atoms. The molecule has 0 aliphatic rings. The number of pyridine rings is 1. The van der Waals surface area contributed by atoms with Gasteiger partial charge in [-0.1, -0.05) is 0 Å². The van der Waals surface area contributed by atoms with Crippen LogP contribution >= 0.6 is 15.9 Å². The molecule has 0 atom stereocenters. The van der Waals surface area contributed by atoms with Crippen LogP contribution in [-0.2, 0) is 12.8 Å². The normalized spacial score (nSPS) is 11.5. The number of halogens is 4. The van der Waals surface area contributed by atoms with Gasteiger partial charge in [-0.05, 0) is 69.5 Å². The van der Waals surface area contributed by atoms with Crippen LogP contribution in [-0.4, -0.2) is 16.1 Å². The fourth-order valence-electron chi connectivity index (χ4n) is 2.39. The van der Waals surface area contributed by atoms with Crippen molar-refractivity contribution in [1.29, 1.82) is 0 Å². The molecule has 160 valence electrons. The third-order valence-corrected chi connectivity index (χ3v) is 4.60. The Bertz CT molecular complexity index is 1090. The van der Waals surface area contributed by atoms with Crippen molar-refractivity contribution >= 4 is 33.6 Å². The Labute approximate surface area is 182 Å². The lowest BCUT2D eigenvalue weighted by atomic mass is 10.2. The average molecular weight is 495 g/mol. The monoisotopic (exact) mass is 494 g/mol. The quantitative estimate of drug-likeness (QED) is 0.255. The number of nitrogens with one attached hydrogen (secondary N) is 1. The van der Waals surface area contributed by atoms with E-state index in [1.165, 1.54) is 24.4 Å². The van der Waals surface area contributed by atoms with Gasteiger partial charge in [0.1, 0.15) is 18.2 Å². The average Bonchev–Trinajstić information content (AvgIpc) is 2.73. The van der Waals surface area contributed by atoms with Gasteiger partial charge in [0.15, 0.2) is 0 Å². The third kappa shape index (κ3) is 6.25. The number of nitro benzene ring substituents is 1. The van der Waals surface area contributed by atoms with E-state index in [1.54, 1.807) is 30.3 Å². The number of ether oxygens (including phenoxy) is 1. The van der Waals surface area contributed by atoms with E-state index < -0.39 is 16.7 Å². The Balaban J connectivity index is 1.56. The molecule has 0 aliphatic carbocycles. The summed E-state index contributed by atoms with van der Waals surface area (Å²) in [7, 11) is 0. The number of anilines is 1. The number of aromatic nitrogens is 1. The Morgan fingerprint density at radius 2 is 1.90 bits per heavy atom. The van der Waals surface area contributed by atoms with Gasteiger partial charge in [-0.2, -0.15) is 18.3 Å². The second-order valence-corrected chi connectivity index (χ2v) is 7.06. The number of non-ortho nitro benzene ring substituents is 1. The fourth-order valence-corrected chi connectivity index (χ4v) is 2.90. The Morgan fingerprint density at radius 3 is 2.48 bits per heavy atom. The standard InChI is InChI=1S/C20H14BrF3N4O3/c21-17-9-14(10-26-27-19-8-4-15(11-25-19)20(22,23)24)3-7-18(17)31-12-13-1-5-16(6-2-13)28(29)30/h1-11H,12H2,(H,25,27)/b26-10-. The second kappa shape index (κ2) is 9.56. The van der Waals surface area contributed by atoms with Crippen LogP contribution in [0.15, 0.2) is 70.4 Å². The predicted octanol–water partition coefficient (Wildman–Crippen LogP) is 5.80. The first-order valence-corrected chi connectivity index (χ1v) is 9.50. The second-order valence-electron chi connectivity index (χ2n) is 6.20. The summed E-state index contributed by atoms with van der Waals surface area (Å²) in [5, 5.41) is 14.6. The third-order valence-electron chi connectivity index (χ3n) is 3.98. The Morgan fingerprint density at radius 1 is 1.16 bits per heavy atom. The maximum absolute atomic E-state index is 12.5. The zero-order valence-corrected chi connectivity index (χ0v) is 17.2. The van der Waals surface area contributed by atoms with Crippen molar-refractivity contribution in [3.8, 4) is 5.75 Å². The molecule has 1 heterocycles. The van der Waals surface area contributed by atoms with Crippen molar-refractivity contribution in [3.05, 3.63) is 92.1 Å². The molecule has 31 heavy (non-hydrogen) atoms. The van der Waals surface area contributed by atoms with Crippen molar-refractivity contribution in [2.45, 2.75) is 12.8 Å². The minimum Gasteiger partial charge on any atom is -0.488 e. The van der Waals surface area contributed by atoms with Gasteiger partial charge >= 0.3 is 6.18 Å². The SMILES string of the molecule is O=[N+]([O-])c1ccc(COc2ccc(/C=N\Nc3ccc(C(F)(F)F)cn3)cc2Br)cc1. The molecule has 7 nitrogen and oxygen atoms in total. The molecule has 0 saturated carbocycles. The molecule has 0 unspecified atom stereocenters. The van der Waals surface area contributed by atoms with Crippen LogP contribution < -0.4 is 10.2 Å². The van der Waals surface area contributed by atoms with Crippen molar-refractivity contribution in [3.63, 3.8) is 0 Å². The number of hydrogen-bond acceptors (Lipinski definition) is 6. The predicted molar refractivity (Wildman–Crippen MR) is 112 cm³/mol. The van der Waals surface area contributed by atoms with Crippen LogP contribution in [0.3, 0.4) is 0 Å². The number of hydrazone groups is 1. The maximum Gasteiger partial charge on any atom is 0.417 e. The molecule has 11 heteroatoms. The van der Waals surface area contributed by atoms with Gasteiger partial charge < -0.3 is 4.74 Å². The smallest absolute Gasteiger partial charge is 0.417 e. The lowest BCUT2D eigenvalue weighted by Gasteiger charge is -2.09. The molecular weight excluding hydrogens is 481 g/mol. The molecule has 0 bridgehead atoms. The number of nitro groups is 1. The Kier molecular flexibility index (Phi) is 6.85. The lowest BCUT2D eigenvalue weighted by Crippen LogP contribution is -2.05. The number of alkyl halides is 3. The molecule has 0 fully saturated rings. The minimum atomic E-state index is -4.44. The summed E-state index contributed by atoms with van der Waals surface area (Å²) in [4.78, 5) is 13.9. The van der Waals surface area contributed by atoms with E-state index in [0.717, 1.165) is 17.8 Å². The molecule has 1 aromatic heterocycles. The number of benzene rings is 2. The molecule has 0 radical (unpaired) electrons. The molecular formula is C20H14BrF3N4O3. The van der Waals surface area contributed by atoms with E-state index in [4.69, 9.17) is 4.74 Å². The summed E-state index contributed by atoms with van der Waals surface area (Å²) in [6.45, 7) is 0.227. The van der Waals surface area contributed by atoms with Crippen LogP contribution in [0, 0.1) is 10.1 Å². The van der Waals surface area contributed by atoms with E-state index >= 15 is 0 Å². The number of nitrogens with zero attached hydrogens (tertiary/aromatic N) is 3. The maximum atomic E-state index is 12.5. The molecule has 2 aromatic carbocycles. The van der Waals surface area contributed by atoms with E-state index in [0.29, 0.717) is 15.8 Å². The van der Waals surface area contributed by atoms with Crippen molar-refractivity contribution < 1.29 is 22.8 Å². The van der Waals surface area contributed by atoms with Gasteiger partial charge in [0.2, 0.25) is 0 Å². The van der Waals surface area contributed by atoms with Gasteiger partial charge in [-0.3, -0.25) is 15.5 Å². The number of hydrogen-bond donors (Lipinski definition) is 1. The van der Waals surface area contributed by atoms with Gasteiger partial charge in [-0.15, -0.1) is 0 Å². The highest BCUT2D eigenvalue weighted by molar-refractivity contribution is 9.10. The highest BCUT2D eigenvalue weighted by Crippen LogP contribution is 2.29. The highest BCUT2D eigenvalue weighted by atomic mass is 79.9. The van der Waals surface area contributed by atoms with E-state index in [9.17, 15) is 23.3 Å². The van der Waals surface area contributed by atoms with Gasteiger partial charge in [0.25, 0.3) is 5.69 Å². The van der Waals surface area contributed by atoms with E-state index in [2.05, 4.69) is 31.4 Å². The molecule has 0 amide bonds. The zero-order chi connectivity index (χ0) is 22.4. The fraction of sp³-hybridized carbons (Fsp3) is 0.100. The van der Waals surface area contributed by atoms with Gasteiger partial charge in [-0.25, -0.2) is 4.98 Å². The van der Waals surface area contributed by atoms with E-state index in [1.807, 2.05) is 0 Å². The van der Waals surface area contributed by atoms with Crippen LogP contribution in [0.2, 0.25) is 0 Å². The summed E-state index contributed by atoms with van der Waals surface area (Å²) in [6, 6.07) is 13.4. The lowest BCUT2D eigenvalue weighted by molar-refractivity contribution is -0.384. The molecule has 0 aliphatic heterocycles. The molecule has 0 saturated heterocycles. The first kappa shape index (κ1) is 22.2. The Hall–Kier alpha value is -3.47. The van der Waals surface area contributed by atoms with Gasteiger partial charge in [0, 0.05) is 18.3 Å². The van der Waals surface area contributed by atoms with Crippen molar-refractivity contribution in [1.82, 2.24) is 4.98 Å². The summed E-state index contributed by atoms with van der Waals surface area (Å²) in [5.41, 5.74) is 3.21. The minimum absolute atomic E-state index is 0.00803. The number of rotatable bonds is 7. The van der Waals surface area contributed by atoms with Crippen LogP contribution in [0.1, 0.15) is 16.7 Å². The van der Waals surface area contributed by atoms with Gasteiger partial charge in [0.05, 0.1) is 21.2 Å². The largest absolute Gasteiger partial charge is 0.488 e. The summed E-state index contributed by atoms with van der Waals surface area (Å²) >= 11 is 3.40. The molecule has 3 rings (SSSR count). The van der Waals surface area contributed by atoms with Crippen LogP contribution in [0.25, 0.3) is 0 Å². The van der Waals surface area contributed by atoms with Crippen molar-refractivity contribution in [2.24, 2.45) is 5.10 Å². The molecule has 1 N–H and O–H groups in total. The van der Waals surface area contributed by atoms with Crippen molar-refractivity contribution in [2.75, 3.05) is 5.43 Å². The molecule has 3 aromatic rings. The van der Waals surface area contributed by atoms with E-state index in [-0.39, 0.29) is 18.1 Å². The topological polar surface area (TPSA) is 89.7 Å². The first-order valence-electron chi connectivity index (χ1n) is 8.70.